The van der Waals surface area contributed by atoms with E-state index < -0.39 is 0 Å². The van der Waals surface area contributed by atoms with Crippen molar-refractivity contribution in [3.05, 3.63) is 59.7 Å². The molecule has 24 heavy (non-hydrogen) atoms. The Hall–Kier alpha value is -2.60. The van der Waals surface area contributed by atoms with Crippen LogP contribution in [-0.2, 0) is 4.84 Å². The van der Waals surface area contributed by atoms with Gasteiger partial charge in [0.1, 0.15) is 18.0 Å². The normalized spacial score (nSPS) is 14.9. The van der Waals surface area contributed by atoms with Gasteiger partial charge in [-0.3, -0.25) is 0 Å². The molecule has 2 heterocycles. The molecule has 1 aromatic heterocycles. The summed E-state index contributed by atoms with van der Waals surface area (Å²) < 4.78 is 0. The van der Waals surface area contributed by atoms with Crippen LogP contribution in [0.15, 0.2) is 58.7 Å². The minimum atomic E-state index is 0.0796. The number of rotatable bonds is 4. The molecule has 0 atom stereocenters. The van der Waals surface area contributed by atoms with Gasteiger partial charge in [0.05, 0.1) is 11.3 Å². The summed E-state index contributed by atoms with van der Waals surface area (Å²) in [7, 11) is 0. The second-order valence-corrected chi connectivity index (χ2v) is 6.13. The Balaban J connectivity index is 1.89. The molecular weight excluding hydrogens is 370 g/mol. The average molecular weight is 384 g/mol. The van der Waals surface area contributed by atoms with Crippen LogP contribution in [-0.4, -0.2) is 33.5 Å². The molecule has 1 aliphatic heterocycles. The van der Waals surface area contributed by atoms with Crippen LogP contribution in [0.1, 0.15) is 11.1 Å². The first-order chi connectivity index (χ1) is 11.8. The van der Waals surface area contributed by atoms with E-state index in [1.165, 1.54) is 0 Å². The average Bonchev–Trinajstić information content (AvgIpc) is 3.12. The van der Waals surface area contributed by atoms with Crippen LogP contribution in [0.2, 0.25) is 0 Å². The summed E-state index contributed by atoms with van der Waals surface area (Å²) in [6, 6.07) is 15.5. The van der Waals surface area contributed by atoms with Crippen LogP contribution in [0.25, 0.3) is 10.9 Å². The molecule has 1 aliphatic rings. The summed E-state index contributed by atoms with van der Waals surface area (Å²) in [6.07, 6.45) is 0. The van der Waals surface area contributed by atoms with Gasteiger partial charge in [-0.2, -0.15) is 0 Å². The van der Waals surface area contributed by atoms with Crippen molar-refractivity contribution in [3.8, 4) is 5.88 Å². The molecule has 0 aliphatic carbocycles. The van der Waals surface area contributed by atoms with Crippen LogP contribution in [0, 0.1) is 0 Å². The molecule has 0 saturated heterocycles. The highest BCUT2D eigenvalue weighted by atomic mass is 79.9. The van der Waals surface area contributed by atoms with Crippen molar-refractivity contribution in [3.63, 3.8) is 0 Å². The zero-order chi connectivity index (χ0) is 16.5. The van der Waals surface area contributed by atoms with Crippen molar-refractivity contribution in [2.75, 3.05) is 11.9 Å². The minimum Gasteiger partial charge on any atom is -0.494 e. The number of aromatic amines is 1. The Kier molecular flexibility index (Phi) is 3.82. The molecule has 120 valence electrons. The lowest BCUT2D eigenvalue weighted by Gasteiger charge is -2.04. The molecule has 5 nitrogen and oxygen atoms in total. The number of benzene rings is 2. The highest BCUT2D eigenvalue weighted by Gasteiger charge is 2.28. The van der Waals surface area contributed by atoms with Gasteiger partial charge in [-0.15, -0.1) is 0 Å². The largest absolute Gasteiger partial charge is 0.494 e. The molecule has 0 saturated carbocycles. The Morgan fingerprint density at radius 2 is 1.92 bits per heavy atom. The molecule has 0 fully saturated rings. The smallest absolute Gasteiger partial charge is 0.199 e. The van der Waals surface area contributed by atoms with Crippen LogP contribution in [0.4, 0.5) is 5.69 Å². The molecule has 0 bridgehead atoms. The second-order valence-electron chi connectivity index (χ2n) is 5.33. The zero-order valence-corrected chi connectivity index (χ0v) is 14.2. The maximum atomic E-state index is 10.4. The minimum absolute atomic E-state index is 0.0796. The number of fused-ring (bicyclic) bond motifs is 2. The molecule has 6 heteroatoms. The number of para-hydroxylation sites is 2. The Bertz CT molecular complexity index is 975. The number of hydrogen-bond acceptors (Lipinski definition) is 4. The fraction of sp³-hybridized carbons (Fsp3) is 0.111. The number of halogens is 1. The van der Waals surface area contributed by atoms with Crippen molar-refractivity contribution in [1.29, 1.82) is 0 Å². The van der Waals surface area contributed by atoms with Crippen molar-refractivity contribution >= 4 is 43.9 Å². The quantitative estimate of drug-likeness (QED) is 0.404. The number of aliphatic imine (C=N–C) groups is 1. The molecule has 4 rings (SSSR count). The summed E-state index contributed by atoms with van der Waals surface area (Å²) in [4.78, 5) is 13.0. The number of H-pyrrole nitrogens is 1. The maximum Gasteiger partial charge on any atom is 0.199 e. The SMILES string of the molecule is Oc1[nH]c2ccccc2c1C1=Nc2ccccc2C1=NOCCBr. The number of aromatic hydroxyl groups is 1. The number of nitrogens with one attached hydrogen (secondary N) is 1. The summed E-state index contributed by atoms with van der Waals surface area (Å²) in [5.41, 5.74) is 4.45. The van der Waals surface area contributed by atoms with E-state index in [0.29, 0.717) is 28.9 Å². The van der Waals surface area contributed by atoms with Gasteiger partial charge in [-0.1, -0.05) is 57.5 Å². The van der Waals surface area contributed by atoms with Crippen molar-refractivity contribution in [1.82, 2.24) is 4.98 Å². The first kappa shape index (κ1) is 15.0. The summed E-state index contributed by atoms with van der Waals surface area (Å²) in [5.74, 6) is 0.0796. The predicted octanol–water partition coefficient (Wildman–Crippen LogP) is 4.12. The van der Waals surface area contributed by atoms with Gasteiger partial charge in [0.15, 0.2) is 5.88 Å². The van der Waals surface area contributed by atoms with Crippen LogP contribution in [0.5, 0.6) is 5.88 Å². The van der Waals surface area contributed by atoms with Gasteiger partial charge in [0.2, 0.25) is 0 Å². The van der Waals surface area contributed by atoms with Crippen molar-refractivity contribution in [2.45, 2.75) is 0 Å². The number of aromatic nitrogens is 1. The van der Waals surface area contributed by atoms with Crippen LogP contribution in [0.3, 0.4) is 0 Å². The van der Waals surface area contributed by atoms with Crippen LogP contribution >= 0.6 is 15.9 Å². The molecule has 3 aromatic rings. The first-order valence-corrected chi connectivity index (χ1v) is 8.66. The van der Waals surface area contributed by atoms with E-state index in [1.807, 2.05) is 48.5 Å². The van der Waals surface area contributed by atoms with E-state index in [4.69, 9.17) is 4.84 Å². The van der Waals surface area contributed by atoms with Gasteiger partial charge in [0, 0.05) is 21.8 Å². The standard InChI is InChI=1S/C18H14BrN3O2/c19-9-10-24-22-16-12-6-2-4-8-14(12)20-17(16)15-11-5-1-3-7-13(11)21-18(15)23/h1-8,21,23H,9-10H2. The van der Waals surface area contributed by atoms with E-state index >= 15 is 0 Å². The van der Waals surface area contributed by atoms with Gasteiger partial charge >= 0.3 is 0 Å². The Morgan fingerprint density at radius 3 is 2.79 bits per heavy atom. The zero-order valence-electron chi connectivity index (χ0n) is 12.7. The number of oxime groups is 1. The molecule has 0 spiro atoms. The lowest BCUT2D eigenvalue weighted by atomic mass is 10.0. The Labute approximate surface area is 146 Å². The lowest BCUT2D eigenvalue weighted by molar-refractivity contribution is 0.163. The third-order valence-corrected chi connectivity index (χ3v) is 4.19. The molecule has 0 unspecified atom stereocenters. The Morgan fingerprint density at radius 1 is 1.12 bits per heavy atom. The topological polar surface area (TPSA) is 70.0 Å². The number of hydrogen-bond donors (Lipinski definition) is 2. The van der Waals surface area contributed by atoms with E-state index in [9.17, 15) is 5.11 Å². The van der Waals surface area contributed by atoms with Gasteiger partial charge in [-0.25, -0.2) is 4.99 Å². The number of nitrogens with zero attached hydrogens (tertiary/aromatic N) is 2. The molecule has 2 aromatic carbocycles. The summed E-state index contributed by atoms with van der Waals surface area (Å²) in [5, 5.41) is 16.3. The molecule has 0 amide bonds. The third kappa shape index (κ3) is 2.39. The highest BCUT2D eigenvalue weighted by molar-refractivity contribution is 9.09. The predicted molar refractivity (Wildman–Crippen MR) is 98.9 cm³/mol. The van der Waals surface area contributed by atoms with E-state index in [2.05, 4.69) is 31.1 Å². The van der Waals surface area contributed by atoms with Gasteiger partial charge in [0.25, 0.3) is 0 Å². The maximum absolute atomic E-state index is 10.4. The highest BCUT2D eigenvalue weighted by Crippen LogP contribution is 2.35. The second kappa shape index (κ2) is 6.13. The fourth-order valence-corrected chi connectivity index (χ4v) is 3.00. The van der Waals surface area contributed by atoms with E-state index in [-0.39, 0.29) is 5.88 Å². The van der Waals surface area contributed by atoms with Gasteiger partial charge in [-0.05, 0) is 12.1 Å². The molecule has 2 N–H and O–H groups in total. The van der Waals surface area contributed by atoms with Crippen LogP contribution < -0.4 is 0 Å². The molecule has 0 radical (unpaired) electrons. The van der Waals surface area contributed by atoms with E-state index in [1.54, 1.807) is 0 Å². The van der Waals surface area contributed by atoms with Crippen molar-refractivity contribution < 1.29 is 9.94 Å². The van der Waals surface area contributed by atoms with E-state index in [0.717, 1.165) is 22.2 Å². The molecular formula is C18H14BrN3O2. The lowest BCUT2D eigenvalue weighted by Crippen LogP contribution is -2.13. The number of alkyl halides is 1. The monoisotopic (exact) mass is 383 g/mol. The summed E-state index contributed by atoms with van der Waals surface area (Å²) >= 11 is 3.32. The fourth-order valence-electron chi connectivity index (χ4n) is 2.85. The van der Waals surface area contributed by atoms with Gasteiger partial charge < -0.3 is 14.9 Å². The van der Waals surface area contributed by atoms with Crippen molar-refractivity contribution in [2.24, 2.45) is 10.1 Å². The summed E-state index contributed by atoms with van der Waals surface area (Å²) in [6.45, 7) is 0.457. The first-order valence-electron chi connectivity index (χ1n) is 7.54. The third-order valence-electron chi connectivity index (χ3n) is 3.86.